The first-order valence-corrected chi connectivity index (χ1v) is 10.8. The Labute approximate surface area is 192 Å². The predicted molar refractivity (Wildman–Crippen MR) is 128 cm³/mol. The van der Waals surface area contributed by atoms with E-state index in [4.69, 9.17) is 4.74 Å². The number of fused-ring (bicyclic) bond motifs is 1. The van der Waals surface area contributed by atoms with Crippen LogP contribution in [-0.2, 0) is 19.5 Å². The minimum Gasteiger partial charge on any atom is -0.496 e. The lowest BCUT2D eigenvalue weighted by atomic mass is 9.96. The first-order chi connectivity index (χ1) is 16.0. The molecular formula is C26H26N4O3. The summed E-state index contributed by atoms with van der Waals surface area (Å²) >= 11 is 0. The Morgan fingerprint density at radius 3 is 2.76 bits per heavy atom. The highest BCUT2D eigenvalue weighted by Gasteiger charge is 2.22. The number of carbonyl (C=O) groups excluding carboxylic acids is 1. The third kappa shape index (κ3) is 4.62. The van der Waals surface area contributed by atoms with Crippen molar-refractivity contribution >= 4 is 12.0 Å². The quantitative estimate of drug-likeness (QED) is 0.563. The molecule has 0 bridgehead atoms. The SMILES string of the molecule is C/C=C/Cn1cc(-c2cc(C(=O)NCc3cncnc3)ccc2OC)c2c(c1=O)CC(C)=C2. The molecular weight excluding hydrogens is 416 g/mol. The van der Waals surface area contributed by atoms with E-state index in [1.54, 1.807) is 36.2 Å². The number of hydrogen-bond acceptors (Lipinski definition) is 5. The molecule has 0 spiro atoms. The summed E-state index contributed by atoms with van der Waals surface area (Å²) in [6.07, 6.45) is 13.2. The van der Waals surface area contributed by atoms with Crippen molar-refractivity contribution in [2.75, 3.05) is 7.11 Å². The third-order valence-electron chi connectivity index (χ3n) is 5.62. The molecule has 3 aromatic rings. The minimum absolute atomic E-state index is 0.0119. The number of methoxy groups -OCH3 is 1. The summed E-state index contributed by atoms with van der Waals surface area (Å²) in [5, 5.41) is 2.90. The number of nitrogens with one attached hydrogen (secondary N) is 1. The van der Waals surface area contributed by atoms with Gasteiger partial charge in [-0.1, -0.05) is 23.8 Å². The van der Waals surface area contributed by atoms with Crippen molar-refractivity contribution in [1.29, 1.82) is 0 Å². The van der Waals surface area contributed by atoms with E-state index >= 15 is 0 Å². The maximum atomic E-state index is 13.0. The molecule has 0 saturated carbocycles. The zero-order chi connectivity index (χ0) is 23.4. The Bertz CT molecular complexity index is 1310. The van der Waals surface area contributed by atoms with Crippen LogP contribution >= 0.6 is 0 Å². The lowest BCUT2D eigenvalue weighted by Crippen LogP contribution is -2.24. The molecule has 0 atom stereocenters. The van der Waals surface area contributed by atoms with Gasteiger partial charge in [-0.05, 0) is 44.0 Å². The van der Waals surface area contributed by atoms with Gasteiger partial charge < -0.3 is 14.6 Å². The Morgan fingerprint density at radius 1 is 1.24 bits per heavy atom. The highest BCUT2D eigenvalue weighted by Crippen LogP contribution is 2.37. The van der Waals surface area contributed by atoms with Gasteiger partial charge in [0.1, 0.15) is 12.1 Å². The molecule has 2 heterocycles. The lowest BCUT2D eigenvalue weighted by Gasteiger charge is -2.16. The summed E-state index contributed by atoms with van der Waals surface area (Å²) < 4.78 is 7.34. The number of amides is 1. The number of pyridine rings is 1. The van der Waals surface area contributed by atoms with Crippen LogP contribution in [0, 0.1) is 0 Å². The zero-order valence-electron chi connectivity index (χ0n) is 19.0. The Balaban J connectivity index is 1.76. The molecule has 0 aliphatic heterocycles. The van der Waals surface area contributed by atoms with E-state index < -0.39 is 0 Å². The van der Waals surface area contributed by atoms with Crippen molar-refractivity contribution in [2.45, 2.75) is 33.4 Å². The molecule has 1 aromatic carbocycles. The Morgan fingerprint density at radius 2 is 2.03 bits per heavy atom. The van der Waals surface area contributed by atoms with Gasteiger partial charge in [-0.3, -0.25) is 9.59 Å². The number of allylic oxidation sites excluding steroid dienone is 3. The number of nitrogens with zero attached hydrogens (tertiary/aromatic N) is 3. The molecule has 168 valence electrons. The third-order valence-corrected chi connectivity index (χ3v) is 5.62. The molecule has 0 saturated heterocycles. The van der Waals surface area contributed by atoms with Crippen molar-refractivity contribution in [3.63, 3.8) is 0 Å². The van der Waals surface area contributed by atoms with E-state index in [9.17, 15) is 9.59 Å². The summed E-state index contributed by atoms with van der Waals surface area (Å²) in [6, 6.07) is 5.34. The highest BCUT2D eigenvalue weighted by molar-refractivity contribution is 5.96. The van der Waals surface area contributed by atoms with Gasteiger partial charge in [0, 0.05) is 59.5 Å². The summed E-state index contributed by atoms with van der Waals surface area (Å²) in [7, 11) is 1.60. The average Bonchev–Trinajstić information content (AvgIpc) is 3.24. The topological polar surface area (TPSA) is 86.1 Å². The maximum Gasteiger partial charge on any atom is 0.254 e. The summed E-state index contributed by atoms with van der Waals surface area (Å²) in [6.45, 7) is 4.76. The second-order valence-corrected chi connectivity index (χ2v) is 7.97. The first-order valence-electron chi connectivity index (χ1n) is 10.8. The van der Waals surface area contributed by atoms with Crippen LogP contribution in [0.5, 0.6) is 5.75 Å². The molecule has 1 aliphatic rings. The predicted octanol–water partition coefficient (Wildman–Crippen LogP) is 3.78. The molecule has 0 fully saturated rings. The number of rotatable bonds is 7. The van der Waals surface area contributed by atoms with Gasteiger partial charge in [-0.2, -0.15) is 0 Å². The van der Waals surface area contributed by atoms with Gasteiger partial charge in [-0.25, -0.2) is 9.97 Å². The Kier molecular flexibility index (Phi) is 6.49. The second-order valence-electron chi connectivity index (χ2n) is 7.97. The number of aromatic nitrogens is 3. The number of carbonyl (C=O) groups is 1. The van der Waals surface area contributed by atoms with Crippen molar-refractivity contribution < 1.29 is 9.53 Å². The summed E-state index contributed by atoms with van der Waals surface area (Å²) in [5.41, 5.74) is 5.76. The molecule has 0 unspecified atom stereocenters. The highest BCUT2D eigenvalue weighted by atomic mass is 16.5. The normalized spacial score (nSPS) is 12.5. The van der Waals surface area contributed by atoms with Gasteiger partial charge in [0.25, 0.3) is 11.5 Å². The van der Waals surface area contributed by atoms with Crippen LogP contribution in [0.1, 0.15) is 40.9 Å². The molecule has 2 aromatic heterocycles. The molecule has 1 aliphatic carbocycles. The van der Waals surface area contributed by atoms with E-state index in [1.165, 1.54) is 6.33 Å². The number of ether oxygens (including phenoxy) is 1. The molecule has 1 N–H and O–H groups in total. The van der Waals surface area contributed by atoms with E-state index in [1.807, 2.05) is 44.3 Å². The van der Waals surface area contributed by atoms with Gasteiger partial charge in [0.15, 0.2) is 0 Å². The van der Waals surface area contributed by atoms with Crippen LogP contribution in [-0.4, -0.2) is 27.6 Å². The standard InChI is InChI=1S/C26H26N4O3/c1-4-5-8-30-15-23(20-9-17(2)10-22(20)26(30)32)21-11-19(6-7-24(21)33-3)25(31)29-14-18-12-27-16-28-13-18/h4-7,9,11-13,15-16H,8,10,14H2,1-3H3,(H,29,31)/b5-4+. The van der Waals surface area contributed by atoms with Gasteiger partial charge in [0.2, 0.25) is 0 Å². The van der Waals surface area contributed by atoms with Crippen LogP contribution < -0.4 is 15.6 Å². The number of benzene rings is 1. The monoisotopic (exact) mass is 442 g/mol. The van der Waals surface area contributed by atoms with Crippen LogP contribution in [0.4, 0.5) is 0 Å². The molecule has 4 rings (SSSR count). The smallest absolute Gasteiger partial charge is 0.254 e. The first kappa shape index (κ1) is 22.2. The van der Waals surface area contributed by atoms with Gasteiger partial charge >= 0.3 is 0 Å². The maximum absolute atomic E-state index is 13.0. The summed E-state index contributed by atoms with van der Waals surface area (Å²) in [5.74, 6) is 0.424. The van der Waals surface area contributed by atoms with Crippen LogP contribution in [0.2, 0.25) is 0 Å². The average molecular weight is 443 g/mol. The van der Waals surface area contributed by atoms with Crippen LogP contribution in [0.3, 0.4) is 0 Å². The minimum atomic E-state index is -0.214. The van der Waals surface area contributed by atoms with Crippen LogP contribution in [0.25, 0.3) is 17.2 Å². The summed E-state index contributed by atoms with van der Waals surface area (Å²) in [4.78, 5) is 33.9. The van der Waals surface area contributed by atoms with Crippen LogP contribution in [0.15, 0.2) is 65.6 Å². The van der Waals surface area contributed by atoms with Crippen molar-refractivity contribution in [3.8, 4) is 16.9 Å². The van der Waals surface area contributed by atoms with E-state index in [2.05, 4.69) is 15.3 Å². The Hall–Kier alpha value is -4.00. The molecule has 7 heteroatoms. The fraction of sp³-hybridized carbons (Fsp3) is 0.231. The zero-order valence-corrected chi connectivity index (χ0v) is 19.0. The second kappa shape index (κ2) is 9.65. The van der Waals surface area contributed by atoms with E-state index in [0.29, 0.717) is 30.8 Å². The molecule has 33 heavy (non-hydrogen) atoms. The van der Waals surface area contributed by atoms with Crippen molar-refractivity contribution in [1.82, 2.24) is 19.9 Å². The fourth-order valence-electron chi connectivity index (χ4n) is 3.98. The van der Waals surface area contributed by atoms with E-state index in [0.717, 1.165) is 33.4 Å². The van der Waals surface area contributed by atoms with E-state index in [-0.39, 0.29) is 11.5 Å². The lowest BCUT2D eigenvalue weighted by molar-refractivity contribution is 0.0951. The molecule has 7 nitrogen and oxygen atoms in total. The number of hydrogen-bond donors (Lipinski definition) is 1. The fourth-order valence-corrected chi connectivity index (χ4v) is 3.98. The molecule has 0 radical (unpaired) electrons. The van der Waals surface area contributed by atoms with Gasteiger partial charge in [-0.15, -0.1) is 0 Å². The van der Waals surface area contributed by atoms with Crippen molar-refractivity contribution in [2.24, 2.45) is 0 Å². The van der Waals surface area contributed by atoms with Crippen molar-refractivity contribution in [3.05, 3.63) is 93.4 Å². The van der Waals surface area contributed by atoms with Gasteiger partial charge in [0.05, 0.1) is 7.11 Å². The largest absolute Gasteiger partial charge is 0.496 e. The molecule has 1 amide bonds.